The molecule has 12 heteroatoms. The highest BCUT2D eigenvalue weighted by molar-refractivity contribution is 8.04. The molecule has 2 aliphatic heterocycles. The average Bonchev–Trinajstić information content (AvgIpc) is 3.33. The fourth-order valence-electron chi connectivity index (χ4n) is 3.80. The molecule has 3 heterocycles. The Morgan fingerprint density at radius 2 is 2.06 bits per heavy atom. The fourth-order valence-corrected chi connectivity index (χ4v) is 5.30. The molecular weight excluding hydrogens is 498 g/mol. The van der Waals surface area contributed by atoms with Crippen molar-refractivity contribution in [2.45, 2.75) is 37.5 Å². The summed E-state index contributed by atoms with van der Waals surface area (Å²) in [6, 6.07) is 3.82. The molecule has 2 N–H and O–H groups in total. The van der Waals surface area contributed by atoms with Crippen molar-refractivity contribution in [1.82, 2.24) is 25.5 Å². The van der Waals surface area contributed by atoms with Gasteiger partial charge < -0.3 is 10.6 Å². The van der Waals surface area contributed by atoms with Crippen LogP contribution < -0.4 is 10.6 Å². The molecule has 33 heavy (non-hydrogen) atoms. The minimum atomic E-state index is -4.53. The Morgan fingerprint density at radius 3 is 2.70 bits per heavy atom. The van der Waals surface area contributed by atoms with Gasteiger partial charge in [-0.1, -0.05) is 35.0 Å². The van der Waals surface area contributed by atoms with Crippen LogP contribution in [0.2, 0.25) is 10.2 Å². The van der Waals surface area contributed by atoms with E-state index in [0.29, 0.717) is 23.8 Å². The second-order valence-corrected chi connectivity index (χ2v) is 9.85. The predicted molar refractivity (Wildman–Crippen MR) is 123 cm³/mol. The Balaban J connectivity index is 1.61. The molecule has 1 saturated heterocycles. The SMILES string of the molecule is CC1CCCN1CC1=C(c2cc(Cl)cc(C(F)(F)F)c2)NC(NC(=O)c2cnc(Cl)cn2)S1. The van der Waals surface area contributed by atoms with Crippen LogP contribution in [0, 0.1) is 0 Å². The van der Waals surface area contributed by atoms with Crippen molar-refractivity contribution in [2.24, 2.45) is 0 Å². The molecule has 2 aromatic rings. The van der Waals surface area contributed by atoms with Crippen LogP contribution in [0.5, 0.6) is 0 Å². The van der Waals surface area contributed by atoms with Crippen LogP contribution in [0.1, 0.15) is 41.4 Å². The van der Waals surface area contributed by atoms with Crippen molar-refractivity contribution < 1.29 is 18.0 Å². The van der Waals surface area contributed by atoms with Crippen LogP contribution in [0.4, 0.5) is 13.2 Å². The van der Waals surface area contributed by atoms with E-state index in [2.05, 4.69) is 32.4 Å². The number of carbonyl (C=O) groups excluding carboxylic acids is 1. The number of thioether (sulfide) groups is 1. The molecule has 4 rings (SSSR count). The lowest BCUT2D eigenvalue weighted by Crippen LogP contribution is -2.40. The number of rotatable bonds is 5. The van der Waals surface area contributed by atoms with Gasteiger partial charge in [0.2, 0.25) is 0 Å². The number of halogens is 5. The maximum atomic E-state index is 13.4. The van der Waals surface area contributed by atoms with Crippen LogP contribution in [0.3, 0.4) is 0 Å². The Morgan fingerprint density at radius 1 is 1.27 bits per heavy atom. The smallest absolute Gasteiger partial charge is 0.355 e. The Labute approximate surface area is 202 Å². The number of alkyl halides is 3. The van der Waals surface area contributed by atoms with Gasteiger partial charge in [0.1, 0.15) is 10.8 Å². The van der Waals surface area contributed by atoms with E-state index in [0.717, 1.165) is 36.4 Å². The number of hydrogen-bond donors (Lipinski definition) is 2. The van der Waals surface area contributed by atoms with E-state index < -0.39 is 23.1 Å². The van der Waals surface area contributed by atoms with Gasteiger partial charge in [-0.25, -0.2) is 9.97 Å². The van der Waals surface area contributed by atoms with Gasteiger partial charge in [-0.2, -0.15) is 13.2 Å². The maximum absolute atomic E-state index is 13.4. The summed E-state index contributed by atoms with van der Waals surface area (Å²) in [5.74, 6) is -0.485. The summed E-state index contributed by atoms with van der Waals surface area (Å²) in [7, 11) is 0. The van der Waals surface area contributed by atoms with Crippen LogP contribution >= 0.6 is 35.0 Å². The number of aromatic nitrogens is 2. The monoisotopic (exact) mass is 517 g/mol. The lowest BCUT2D eigenvalue weighted by molar-refractivity contribution is -0.137. The van der Waals surface area contributed by atoms with Gasteiger partial charge in [0.25, 0.3) is 5.91 Å². The molecule has 6 nitrogen and oxygen atoms in total. The van der Waals surface area contributed by atoms with Gasteiger partial charge in [-0.15, -0.1) is 0 Å². The third kappa shape index (κ3) is 5.74. The molecule has 0 saturated carbocycles. The molecule has 1 aromatic carbocycles. The van der Waals surface area contributed by atoms with Crippen LogP contribution in [0.25, 0.3) is 5.70 Å². The first-order chi connectivity index (χ1) is 15.6. The van der Waals surface area contributed by atoms with Crippen LogP contribution in [0.15, 0.2) is 35.5 Å². The highest BCUT2D eigenvalue weighted by Crippen LogP contribution is 2.39. The van der Waals surface area contributed by atoms with E-state index in [1.54, 1.807) is 0 Å². The highest BCUT2D eigenvalue weighted by Gasteiger charge is 2.34. The summed E-state index contributed by atoms with van der Waals surface area (Å²) in [6.07, 6.45) is 0.111. The summed E-state index contributed by atoms with van der Waals surface area (Å²) in [4.78, 5) is 23.5. The first-order valence-corrected chi connectivity index (χ1v) is 11.8. The van der Waals surface area contributed by atoms with Gasteiger partial charge in [0.05, 0.1) is 23.7 Å². The van der Waals surface area contributed by atoms with Crippen LogP contribution in [-0.2, 0) is 6.18 Å². The Hall–Kier alpha value is -2.01. The van der Waals surface area contributed by atoms with Gasteiger partial charge in [0, 0.05) is 28.1 Å². The summed E-state index contributed by atoms with van der Waals surface area (Å²) in [5, 5.41) is 6.08. The number of carbonyl (C=O) groups is 1. The quantitative estimate of drug-likeness (QED) is 0.581. The average molecular weight is 518 g/mol. The van der Waals surface area contributed by atoms with Crippen molar-refractivity contribution in [2.75, 3.05) is 13.1 Å². The molecule has 0 aliphatic carbocycles. The number of amides is 1. The summed E-state index contributed by atoms with van der Waals surface area (Å²) < 4.78 is 40.2. The molecule has 0 radical (unpaired) electrons. The normalized spacial score (nSPS) is 21.4. The van der Waals surface area contributed by atoms with Crippen molar-refractivity contribution in [3.05, 3.63) is 62.5 Å². The van der Waals surface area contributed by atoms with Gasteiger partial charge in [-0.3, -0.25) is 9.69 Å². The van der Waals surface area contributed by atoms with Crippen molar-refractivity contribution in [1.29, 1.82) is 0 Å². The number of benzene rings is 1. The largest absolute Gasteiger partial charge is 0.416 e. The van der Waals surface area contributed by atoms with E-state index in [-0.39, 0.29) is 15.9 Å². The molecule has 176 valence electrons. The minimum absolute atomic E-state index is 0.0167. The van der Waals surface area contributed by atoms with Gasteiger partial charge in [0.15, 0.2) is 5.50 Å². The topological polar surface area (TPSA) is 70.2 Å². The van der Waals surface area contributed by atoms with E-state index >= 15 is 0 Å². The summed E-state index contributed by atoms with van der Waals surface area (Å²) in [5.41, 5.74) is -0.535. The van der Waals surface area contributed by atoms with E-state index in [9.17, 15) is 18.0 Å². The lowest BCUT2D eigenvalue weighted by atomic mass is 10.1. The molecule has 1 amide bonds. The van der Waals surface area contributed by atoms with E-state index in [1.165, 1.54) is 30.2 Å². The number of nitrogens with zero attached hydrogens (tertiary/aromatic N) is 3. The molecular formula is C21H20Cl2F3N5OS. The summed E-state index contributed by atoms with van der Waals surface area (Å²) in [6.45, 7) is 3.58. The maximum Gasteiger partial charge on any atom is 0.416 e. The molecule has 0 bridgehead atoms. The fraction of sp³-hybridized carbons (Fsp3) is 0.381. The van der Waals surface area contributed by atoms with Crippen molar-refractivity contribution in [3.8, 4) is 0 Å². The van der Waals surface area contributed by atoms with Crippen molar-refractivity contribution in [3.63, 3.8) is 0 Å². The second kappa shape index (κ2) is 9.69. The van der Waals surface area contributed by atoms with Gasteiger partial charge >= 0.3 is 6.18 Å². The van der Waals surface area contributed by atoms with E-state index in [1.807, 2.05) is 0 Å². The molecule has 1 aromatic heterocycles. The zero-order valence-corrected chi connectivity index (χ0v) is 19.7. The van der Waals surface area contributed by atoms with Crippen molar-refractivity contribution >= 4 is 46.6 Å². The first kappa shape index (κ1) is 24.1. The molecule has 2 unspecified atom stereocenters. The third-order valence-electron chi connectivity index (χ3n) is 5.48. The second-order valence-electron chi connectivity index (χ2n) is 7.83. The summed E-state index contributed by atoms with van der Waals surface area (Å²) >= 11 is 13.1. The molecule has 2 aliphatic rings. The standard InChI is InChI=1S/C21H20Cl2F3N5OS/c1-11-3-2-4-31(11)10-16-18(12-5-13(21(24,25)26)7-14(22)6-12)29-20(33-16)30-19(32)15-8-28-17(23)9-27-15/h5-9,11,20,29H,2-4,10H2,1H3,(H,30,32). The molecule has 1 fully saturated rings. The van der Waals surface area contributed by atoms with Gasteiger partial charge in [-0.05, 0) is 44.5 Å². The Bertz CT molecular complexity index is 1080. The zero-order chi connectivity index (χ0) is 23.8. The number of likely N-dealkylation sites (tertiary alicyclic amines) is 1. The molecule has 2 atom stereocenters. The Kier molecular flexibility index (Phi) is 7.09. The number of hydrogen-bond acceptors (Lipinski definition) is 6. The number of nitrogens with one attached hydrogen (secondary N) is 2. The lowest BCUT2D eigenvalue weighted by Gasteiger charge is -2.22. The first-order valence-electron chi connectivity index (χ1n) is 10.2. The highest BCUT2D eigenvalue weighted by atomic mass is 35.5. The van der Waals surface area contributed by atoms with Crippen LogP contribution in [-0.4, -0.2) is 45.4 Å². The van der Waals surface area contributed by atoms with E-state index in [4.69, 9.17) is 23.2 Å². The molecule has 0 spiro atoms. The third-order valence-corrected chi connectivity index (χ3v) is 6.98. The predicted octanol–water partition coefficient (Wildman–Crippen LogP) is 5.01. The minimum Gasteiger partial charge on any atom is -0.355 e. The zero-order valence-electron chi connectivity index (χ0n) is 17.4.